The van der Waals surface area contributed by atoms with E-state index >= 15 is 0 Å². The molecular formula is C23H39NO3S. The number of Topliss-reactive ketones (excluding diaryl/α,β-unsaturated/α-hetero) is 1. The summed E-state index contributed by atoms with van der Waals surface area (Å²) < 4.78 is 12.8. The number of fused-ring (bicyclic) bond motifs is 5. The molecule has 0 aromatic carbocycles. The van der Waals surface area contributed by atoms with Crippen molar-refractivity contribution in [2.75, 3.05) is 18.9 Å². The van der Waals surface area contributed by atoms with Crippen molar-refractivity contribution in [3.05, 3.63) is 0 Å². The van der Waals surface area contributed by atoms with Crippen LogP contribution in [0.15, 0.2) is 0 Å². The van der Waals surface area contributed by atoms with Crippen LogP contribution in [0.5, 0.6) is 0 Å². The molecule has 4 saturated carbocycles. The molecule has 4 rings (SSSR count). The number of carbonyl (C=O) groups is 1. The van der Waals surface area contributed by atoms with E-state index in [0.717, 1.165) is 63.5 Å². The van der Waals surface area contributed by atoms with Gasteiger partial charge < -0.3 is 10.8 Å². The van der Waals surface area contributed by atoms with Gasteiger partial charge in [0.1, 0.15) is 5.78 Å². The second-order valence-electron chi connectivity index (χ2n) is 10.7. The van der Waals surface area contributed by atoms with Crippen LogP contribution in [0.25, 0.3) is 0 Å². The van der Waals surface area contributed by atoms with Crippen molar-refractivity contribution < 1.29 is 14.1 Å². The van der Waals surface area contributed by atoms with Gasteiger partial charge in [0.2, 0.25) is 0 Å². The molecule has 9 atom stereocenters. The molecule has 0 heterocycles. The van der Waals surface area contributed by atoms with E-state index in [4.69, 9.17) is 5.73 Å². The third-order valence-corrected chi connectivity index (χ3v) is 11.5. The van der Waals surface area contributed by atoms with Crippen LogP contribution in [0, 0.1) is 40.4 Å². The standard InChI is InChI=1S/C23H39NO3S/c1-22-8-6-17(28(27)11-3-10-24)13-16(22)12-15(14-25)21-18-4-5-20(26)23(18,2)9-7-19(21)22/h15-19,21,25H,3-14,24H2,1-2H3/t15-,16?,17-,18-,19-,21-,22-,23-,28?/m0/s1. The maximum Gasteiger partial charge on any atom is 0.139 e. The zero-order valence-electron chi connectivity index (χ0n) is 17.7. The van der Waals surface area contributed by atoms with Gasteiger partial charge in [-0.05, 0) is 92.9 Å². The number of hydrogen-bond acceptors (Lipinski definition) is 4. The fourth-order valence-electron chi connectivity index (χ4n) is 7.98. The van der Waals surface area contributed by atoms with Gasteiger partial charge in [-0.3, -0.25) is 9.00 Å². The predicted molar refractivity (Wildman–Crippen MR) is 113 cm³/mol. The molecule has 0 radical (unpaired) electrons. The maximum atomic E-state index is 12.8. The van der Waals surface area contributed by atoms with Gasteiger partial charge in [0, 0.05) is 40.2 Å². The highest BCUT2D eigenvalue weighted by Gasteiger charge is 2.62. The van der Waals surface area contributed by atoms with Gasteiger partial charge >= 0.3 is 0 Å². The summed E-state index contributed by atoms with van der Waals surface area (Å²) in [5, 5.41) is 10.6. The van der Waals surface area contributed by atoms with Gasteiger partial charge in [0.25, 0.3) is 0 Å². The molecule has 0 bridgehead atoms. The highest BCUT2D eigenvalue weighted by molar-refractivity contribution is 7.85. The maximum absolute atomic E-state index is 12.8. The Hall–Kier alpha value is -0.260. The Morgan fingerprint density at radius 2 is 1.93 bits per heavy atom. The Morgan fingerprint density at radius 1 is 1.14 bits per heavy atom. The minimum Gasteiger partial charge on any atom is -0.396 e. The quantitative estimate of drug-likeness (QED) is 0.730. The second kappa shape index (κ2) is 7.77. The molecule has 4 aliphatic rings. The number of ketones is 1. The highest BCUT2D eigenvalue weighted by atomic mass is 32.2. The van der Waals surface area contributed by atoms with Crippen molar-refractivity contribution in [1.82, 2.24) is 0 Å². The molecule has 5 heteroatoms. The summed E-state index contributed by atoms with van der Waals surface area (Å²) >= 11 is 0. The first-order chi connectivity index (χ1) is 13.3. The summed E-state index contributed by atoms with van der Waals surface area (Å²) in [5.74, 6) is 3.66. The number of carbonyl (C=O) groups excluding carboxylic acids is 1. The van der Waals surface area contributed by atoms with Crippen molar-refractivity contribution in [2.24, 2.45) is 46.2 Å². The van der Waals surface area contributed by atoms with Gasteiger partial charge in [-0.25, -0.2) is 0 Å². The van der Waals surface area contributed by atoms with E-state index in [0.29, 0.717) is 47.2 Å². The zero-order chi connectivity index (χ0) is 20.1. The van der Waals surface area contributed by atoms with Crippen LogP contribution in [0.4, 0.5) is 0 Å². The zero-order valence-corrected chi connectivity index (χ0v) is 18.5. The number of aliphatic hydroxyl groups excluding tert-OH is 1. The van der Waals surface area contributed by atoms with E-state index in [1.165, 1.54) is 0 Å². The highest BCUT2D eigenvalue weighted by Crippen LogP contribution is 2.66. The number of rotatable bonds is 5. The summed E-state index contributed by atoms with van der Waals surface area (Å²) in [6.45, 7) is 5.56. The summed E-state index contributed by atoms with van der Waals surface area (Å²) in [6.07, 6.45) is 9.12. The van der Waals surface area contributed by atoms with E-state index in [1.54, 1.807) is 0 Å². The molecule has 0 aromatic heterocycles. The molecule has 160 valence electrons. The van der Waals surface area contributed by atoms with Crippen LogP contribution in [-0.2, 0) is 15.6 Å². The summed E-state index contributed by atoms with van der Waals surface area (Å²) in [7, 11) is -0.766. The second-order valence-corrected chi connectivity index (χ2v) is 12.5. The third-order valence-electron chi connectivity index (χ3n) is 9.66. The third kappa shape index (κ3) is 3.15. The molecule has 0 aliphatic heterocycles. The summed E-state index contributed by atoms with van der Waals surface area (Å²) in [6, 6.07) is 0. The molecule has 4 aliphatic carbocycles. The predicted octanol–water partition coefficient (Wildman–Crippen LogP) is 3.28. The van der Waals surface area contributed by atoms with Crippen LogP contribution in [0.1, 0.15) is 71.6 Å². The topological polar surface area (TPSA) is 80.4 Å². The van der Waals surface area contributed by atoms with E-state index in [-0.39, 0.29) is 17.4 Å². The summed E-state index contributed by atoms with van der Waals surface area (Å²) in [5.41, 5.74) is 5.77. The van der Waals surface area contributed by atoms with Crippen LogP contribution in [-0.4, -0.2) is 39.3 Å². The van der Waals surface area contributed by atoms with Crippen molar-refractivity contribution in [3.63, 3.8) is 0 Å². The Labute approximate surface area is 172 Å². The van der Waals surface area contributed by atoms with Crippen molar-refractivity contribution >= 4 is 16.6 Å². The van der Waals surface area contributed by atoms with E-state index < -0.39 is 10.8 Å². The molecule has 0 saturated heterocycles. The normalized spacial score (nSPS) is 49.2. The first kappa shape index (κ1) is 21.0. The molecule has 0 amide bonds. The van der Waals surface area contributed by atoms with E-state index in [2.05, 4.69) is 13.8 Å². The Kier molecular flexibility index (Phi) is 5.83. The SMILES string of the molecule is C[C@]12CC[C@H](S(=O)CCCN)CC1C[C@@H](CO)[C@@H]1[C@@H]2CC[C@]2(C)C(=O)CC[C@@H]12. The molecular weight excluding hydrogens is 370 g/mol. The molecule has 28 heavy (non-hydrogen) atoms. The lowest BCUT2D eigenvalue weighted by Crippen LogP contribution is -2.57. The van der Waals surface area contributed by atoms with Crippen LogP contribution in [0.3, 0.4) is 0 Å². The fraction of sp³-hybridized carbons (Fsp3) is 0.957. The average Bonchev–Trinajstić information content (AvgIpc) is 2.99. The number of nitrogens with two attached hydrogens (primary N) is 1. The Bertz CT molecular complexity index is 639. The van der Waals surface area contributed by atoms with Crippen LogP contribution >= 0.6 is 0 Å². The van der Waals surface area contributed by atoms with Crippen LogP contribution < -0.4 is 5.73 Å². The van der Waals surface area contributed by atoms with Crippen molar-refractivity contribution in [3.8, 4) is 0 Å². The van der Waals surface area contributed by atoms with Crippen molar-refractivity contribution in [1.29, 1.82) is 0 Å². The molecule has 3 N–H and O–H groups in total. The largest absolute Gasteiger partial charge is 0.396 e. The molecule has 2 unspecified atom stereocenters. The van der Waals surface area contributed by atoms with E-state index in [9.17, 15) is 14.1 Å². The number of aliphatic hydroxyl groups is 1. The molecule has 4 fully saturated rings. The van der Waals surface area contributed by atoms with Crippen LogP contribution in [0.2, 0.25) is 0 Å². The molecule has 4 nitrogen and oxygen atoms in total. The number of hydrogen-bond donors (Lipinski definition) is 2. The minimum absolute atomic E-state index is 0.140. The average molecular weight is 410 g/mol. The first-order valence-corrected chi connectivity index (χ1v) is 12.9. The summed E-state index contributed by atoms with van der Waals surface area (Å²) in [4.78, 5) is 12.7. The Balaban J connectivity index is 1.57. The monoisotopic (exact) mass is 409 g/mol. The lowest BCUT2D eigenvalue weighted by Gasteiger charge is -2.62. The Morgan fingerprint density at radius 3 is 2.64 bits per heavy atom. The van der Waals surface area contributed by atoms with Gasteiger partial charge in [-0.15, -0.1) is 0 Å². The van der Waals surface area contributed by atoms with Gasteiger partial charge in [0.15, 0.2) is 0 Å². The molecule has 0 spiro atoms. The smallest absolute Gasteiger partial charge is 0.139 e. The lowest BCUT2D eigenvalue weighted by molar-refractivity contribution is -0.152. The van der Waals surface area contributed by atoms with Gasteiger partial charge in [-0.2, -0.15) is 0 Å². The first-order valence-electron chi connectivity index (χ1n) is 11.6. The van der Waals surface area contributed by atoms with E-state index in [1.807, 2.05) is 0 Å². The van der Waals surface area contributed by atoms with Gasteiger partial charge in [0.05, 0.1) is 0 Å². The fourth-order valence-corrected chi connectivity index (χ4v) is 9.59. The molecule has 0 aromatic rings. The van der Waals surface area contributed by atoms with Gasteiger partial charge in [-0.1, -0.05) is 13.8 Å². The van der Waals surface area contributed by atoms with Crippen molar-refractivity contribution in [2.45, 2.75) is 76.9 Å². The lowest BCUT2D eigenvalue weighted by atomic mass is 9.43. The minimum atomic E-state index is -0.766.